The van der Waals surface area contributed by atoms with Gasteiger partial charge >= 0.3 is 0 Å². The first kappa shape index (κ1) is 39.0. The van der Waals surface area contributed by atoms with Crippen LogP contribution in [0.5, 0.6) is 0 Å². The van der Waals surface area contributed by atoms with Gasteiger partial charge in [0, 0.05) is 1.43 Å². The third-order valence-electron chi connectivity index (χ3n) is 0. The van der Waals surface area contributed by atoms with E-state index >= 15 is 0 Å². The van der Waals surface area contributed by atoms with E-state index in [1.165, 1.54) is 0 Å². The fourth-order valence-electron chi connectivity index (χ4n) is 0. The van der Waals surface area contributed by atoms with Crippen LogP contribution in [0.15, 0.2) is 0 Å². The summed E-state index contributed by atoms with van der Waals surface area (Å²) in [6.07, 6.45) is 0. The fraction of sp³-hybridized carbons (Fsp3) is 1.00. The van der Waals surface area contributed by atoms with Gasteiger partial charge in [-0.25, -0.2) is 0 Å². The summed E-state index contributed by atoms with van der Waals surface area (Å²) in [6, 6.07) is 0. The zero-order valence-electron chi connectivity index (χ0n) is 2.41. The molecule has 0 atom stereocenters. The SMILES string of the molecule is C.CC.F.[2HH]. The minimum atomic E-state index is 0. The lowest BCUT2D eigenvalue weighted by Gasteiger charge is -1.07. The summed E-state index contributed by atoms with van der Waals surface area (Å²) in [5, 5.41) is 0. The van der Waals surface area contributed by atoms with E-state index in [1.807, 2.05) is 13.8 Å². The summed E-state index contributed by atoms with van der Waals surface area (Å²) in [4.78, 5) is 0. The van der Waals surface area contributed by atoms with Gasteiger partial charge in [-0.1, -0.05) is 21.3 Å². The quantitative estimate of drug-likeness (QED) is 0.408. The molecule has 0 heterocycles. The molecule has 0 saturated carbocycles. The highest BCUT2D eigenvalue weighted by Crippen LogP contribution is 1.14. The molecular formula is C3H13F. The molecule has 0 aliphatic carbocycles. The average molecular weight is 69.1 g/mol. The number of hydrogen-bond acceptors (Lipinski definition) is 0. The largest absolute Gasteiger partial charge is 0.269 e. The Morgan fingerprint density at radius 1 is 1.25 bits per heavy atom. The van der Waals surface area contributed by atoms with Gasteiger partial charge in [0.05, 0.1) is 0 Å². The molecule has 32 valence electrons. The Bertz CT molecular complexity index is 6.85. The topological polar surface area (TPSA) is 0 Å². The van der Waals surface area contributed by atoms with Crippen LogP contribution in [0.3, 0.4) is 0 Å². The second kappa shape index (κ2) is 2230. The molecule has 0 aromatic heterocycles. The summed E-state index contributed by atoms with van der Waals surface area (Å²) >= 11 is 0. The molecule has 0 N–H and O–H groups in total. The van der Waals surface area contributed by atoms with Gasteiger partial charge in [0.2, 0.25) is 0 Å². The first-order chi connectivity index (χ1) is 1.00. The highest BCUT2D eigenvalue weighted by molar-refractivity contribution is 3.50. The first-order valence-electron chi connectivity index (χ1n) is 1.00. The van der Waals surface area contributed by atoms with E-state index < -0.39 is 0 Å². The molecule has 0 aliphatic rings. The molecule has 0 aromatic rings. The smallest absolute Gasteiger partial charge is 0 e. The van der Waals surface area contributed by atoms with Crippen molar-refractivity contribution in [3.05, 3.63) is 0 Å². The van der Waals surface area contributed by atoms with Crippen molar-refractivity contribution in [3.8, 4) is 0 Å². The summed E-state index contributed by atoms with van der Waals surface area (Å²) in [7, 11) is 0. The average Bonchev–Trinajstić information content (AvgIpc) is 1.00. The predicted octanol–water partition coefficient (Wildman–Crippen LogP) is 2.06. The highest BCUT2D eigenvalue weighted by atomic mass is 19.0. The van der Waals surface area contributed by atoms with Crippen LogP contribution in [-0.2, 0) is 0 Å². The summed E-state index contributed by atoms with van der Waals surface area (Å²) in [5.74, 6) is 0. The summed E-state index contributed by atoms with van der Waals surface area (Å²) in [6.45, 7) is 4.00. The van der Waals surface area contributed by atoms with Crippen LogP contribution in [0.25, 0.3) is 0 Å². The van der Waals surface area contributed by atoms with Crippen LogP contribution in [0, 0.1) is 0 Å². The Kier molecular flexibility index (Phi) is 21700. The van der Waals surface area contributed by atoms with Crippen molar-refractivity contribution >= 4 is 0 Å². The van der Waals surface area contributed by atoms with E-state index in [2.05, 4.69) is 0 Å². The lowest BCUT2D eigenvalue weighted by atomic mass is 11.0. The standard InChI is InChI=1S/C2H6.CH4.FH.H2/c1-2;;;/h1-2H3;1H4;2*1H/i;;;1+1. The fourth-order valence-corrected chi connectivity index (χ4v) is 0. The van der Waals surface area contributed by atoms with E-state index in [0.29, 0.717) is 0 Å². The molecule has 0 saturated heterocycles. The third-order valence-corrected chi connectivity index (χ3v) is 0. The van der Waals surface area contributed by atoms with Crippen LogP contribution in [-0.4, -0.2) is 0 Å². The monoisotopic (exact) mass is 69.1 g/mol. The van der Waals surface area contributed by atoms with E-state index in [1.54, 1.807) is 0 Å². The van der Waals surface area contributed by atoms with Gasteiger partial charge in [0.25, 0.3) is 0 Å². The van der Waals surface area contributed by atoms with Crippen molar-refractivity contribution in [2.24, 2.45) is 0 Å². The maximum atomic E-state index is 2.00. The van der Waals surface area contributed by atoms with Gasteiger partial charge in [-0.15, -0.1) is 0 Å². The van der Waals surface area contributed by atoms with Crippen LogP contribution in [0.4, 0.5) is 4.70 Å². The molecule has 0 fully saturated rings. The van der Waals surface area contributed by atoms with Crippen molar-refractivity contribution < 1.29 is 6.13 Å². The van der Waals surface area contributed by atoms with Crippen LogP contribution < -0.4 is 0 Å². The predicted molar refractivity (Wildman–Crippen MR) is 22.7 cm³/mol. The number of halogens is 1. The number of hydrogen-bond donors (Lipinski definition) is 0. The minimum Gasteiger partial charge on any atom is -0.269 e. The first-order valence-corrected chi connectivity index (χ1v) is 1.00. The van der Waals surface area contributed by atoms with Gasteiger partial charge in [-0.05, 0) is 0 Å². The van der Waals surface area contributed by atoms with Crippen LogP contribution >= 0.6 is 0 Å². The lowest BCUT2D eigenvalue weighted by molar-refractivity contribution is 1.11. The van der Waals surface area contributed by atoms with Crippen molar-refractivity contribution in [3.63, 3.8) is 0 Å². The minimum absolute atomic E-state index is 0. The normalized spacial score (nSPS) is 1.50. The van der Waals surface area contributed by atoms with Gasteiger partial charge in [-0.2, -0.15) is 0 Å². The van der Waals surface area contributed by atoms with Crippen molar-refractivity contribution in [1.29, 1.82) is 0 Å². The lowest BCUT2D eigenvalue weighted by Crippen LogP contribution is -0.856. The molecule has 0 nitrogen and oxygen atoms in total. The molecule has 0 radical (unpaired) electrons. The maximum absolute atomic E-state index is 2.00. The molecular weight excluding hydrogens is 55.0 g/mol. The molecule has 0 amide bonds. The second-order valence-corrected chi connectivity index (χ2v) is 0. The van der Waals surface area contributed by atoms with E-state index in [4.69, 9.17) is 0 Å². The Hall–Kier alpha value is -0.0700. The molecule has 0 rings (SSSR count). The molecule has 4 heavy (non-hydrogen) atoms. The van der Waals surface area contributed by atoms with Crippen molar-refractivity contribution in [2.45, 2.75) is 21.3 Å². The second-order valence-electron chi connectivity index (χ2n) is 0. The Balaban J connectivity index is -0.00000000167. The van der Waals surface area contributed by atoms with E-state index in [0.717, 1.165) is 0 Å². The van der Waals surface area contributed by atoms with Crippen molar-refractivity contribution in [1.82, 2.24) is 0 Å². The van der Waals surface area contributed by atoms with E-state index in [-0.39, 0.29) is 13.6 Å². The Morgan fingerprint density at radius 2 is 1.25 bits per heavy atom. The van der Waals surface area contributed by atoms with Gasteiger partial charge in [0.1, 0.15) is 0 Å². The summed E-state index contributed by atoms with van der Waals surface area (Å²) < 4.78 is 0. The third kappa shape index (κ3) is 341. The molecule has 0 aromatic carbocycles. The molecule has 0 bridgehead atoms. The Morgan fingerprint density at radius 3 is 1.25 bits per heavy atom. The van der Waals surface area contributed by atoms with Gasteiger partial charge in [-0.3, -0.25) is 4.70 Å². The molecule has 0 spiro atoms. The summed E-state index contributed by atoms with van der Waals surface area (Å²) in [5.41, 5.74) is 0. The van der Waals surface area contributed by atoms with Gasteiger partial charge < -0.3 is 0 Å². The van der Waals surface area contributed by atoms with Crippen LogP contribution in [0.1, 0.15) is 22.7 Å². The zero-order valence-corrected chi connectivity index (χ0v) is 2.41. The highest BCUT2D eigenvalue weighted by Gasteiger charge is 0.932. The molecule has 1 heteroatoms. The van der Waals surface area contributed by atoms with E-state index in [9.17, 15) is 0 Å². The van der Waals surface area contributed by atoms with Gasteiger partial charge in [0.15, 0.2) is 0 Å². The zero-order chi connectivity index (χ0) is 2.00. The van der Waals surface area contributed by atoms with Crippen LogP contribution in [0.2, 0.25) is 0 Å². The number of rotatable bonds is 0. The maximum Gasteiger partial charge on any atom is 0 e. The Labute approximate surface area is 28.7 Å². The van der Waals surface area contributed by atoms with Crippen molar-refractivity contribution in [2.75, 3.05) is 0 Å². The molecule has 0 unspecified atom stereocenters. The molecule has 0 aliphatic heterocycles.